The zero-order chi connectivity index (χ0) is 21.6. The maximum Gasteiger partial charge on any atom is 0.321 e. The molecule has 2 aromatic heterocycles. The molecule has 4 aromatic rings. The summed E-state index contributed by atoms with van der Waals surface area (Å²) in [6.07, 6.45) is 1.50. The van der Waals surface area contributed by atoms with E-state index in [1.54, 1.807) is 48.5 Å². The molecular weight excluding hydrogens is 416 g/mol. The Bertz CT molecular complexity index is 1270. The lowest BCUT2D eigenvalue weighted by Gasteiger charge is -2.13. The van der Waals surface area contributed by atoms with Gasteiger partial charge in [-0.05, 0) is 36.4 Å². The van der Waals surface area contributed by atoms with Gasteiger partial charge in [0.1, 0.15) is 5.76 Å². The van der Waals surface area contributed by atoms with Gasteiger partial charge in [0, 0.05) is 0 Å². The lowest BCUT2D eigenvalue weighted by molar-refractivity contribution is -0.117. The van der Waals surface area contributed by atoms with Crippen molar-refractivity contribution in [3.05, 3.63) is 89.1 Å². The fourth-order valence-corrected chi connectivity index (χ4v) is 3.74. The molecule has 31 heavy (non-hydrogen) atoms. The second kappa shape index (κ2) is 9.31. The number of aromatic nitrogens is 2. The summed E-state index contributed by atoms with van der Waals surface area (Å²) in [4.78, 5) is 41.8. The van der Waals surface area contributed by atoms with E-state index < -0.39 is 11.9 Å². The highest BCUT2D eigenvalue weighted by Crippen LogP contribution is 2.21. The molecule has 3 amide bonds. The van der Waals surface area contributed by atoms with Crippen LogP contribution in [0.3, 0.4) is 0 Å². The molecule has 0 saturated heterocycles. The van der Waals surface area contributed by atoms with Crippen LogP contribution in [0.5, 0.6) is 0 Å². The number of para-hydroxylation sites is 2. The maximum absolute atomic E-state index is 13.1. The largest absolute Gasteiger partial charge is 0.467 e. The minimum Gasteiger partial charge on any atom is -0.467 e. The summed E-state index contributed by atoms with van der Waals surface area (Å²) in [6.45, 7) is 0.166. The predicted octanol–water partition coefficient (Wildman–Crippen LogP) is 3.10. The number of nitrogens with zero attached hydrogens (tertiary/aromatic N) is 2. The standard InChI is InChI=1S/C22H18N4O4S/c27-19(25-21(29)23-13-16-9-6-12-30-16)14-31-22-24-18-11-5-4-10-17(18)20(28)26(22)15-7-2-1-3-8-15/h1-12H,13-14H2,(H2,23,25,27,29). The van der Waals surface area contributed by atoms with Gasteiger partial charge in [-0.3, -0.25) is 19.5 Å². The quantitative estimate of drug-likeness (QED) is 0.357. The highest BCUT2D eigenvalue weighted by atomic mass is 32.2. The van der Waals surface area contributed by atoms with Gasteiger partial charge in [0.05, 0.1) is 35.2 Å². The molecule has 0 bridgehead atoms. The van der Waals surface area contributed by atoms with Crippen LogP contribution in [0.1, 0.15) is 5.76 Å². The van der Waals surface area contributed by atoms with Crippen molar-refractivity contribution in [3.63, 3.8) is 0 Å². The lowest BCUT2D eigenvalue weighted by atomic mass is 10.2. The summed E-state index contributed by atoms with van der Waals surface area (Å²) >= 11 is 1.08. The predicted molar refractivity (Wildman–Crippen MR) is 117 cm³/mol. The Morgan fingerprint density at radius 2 is 1.77 bits per heavy atom. The van der Waals surface area contributed by atoms with E-state index in [1.165, 1.54) is 10.8 Å². The molecule has 0 fully saturated rings. The second-order valence-corrected chi connectivity index (χ2v) is 7.43. The van der Waals surface area contributed by atoms with Gasteiger partial charge in [0.2, 0.25) is 5.91 Å². The molecule has 156 valence electrons. The van der Waals surface area contributed by atoms with Crippen LogP contribution in [0, 0.1) is 0 Å². The molecule has 2 N–H and O–H groups in total. The maximum atomic E-state index is 13.1. The third kappa shape index (κ3) is 4.84. The Morgan fingerprint density at radius 1 is 1.00 bits per heavy atom. The van der Waals surface area contributed by atoms with E-state index in [0.717, 1.165) is 11.8 Å². The Kier molecular flexibility index (Phi) is 6.13. The van der Waals surface area contributed by atoms with Crippen LogP contribution >= 0.6 is 11.8 Å². The average Bonchev–Trinajstić information content (AvgIpc) is 3.31. The van der Waals surface area contributed by atoms with E-state index in [1.807, 2.05) is 18.2 Å². The molecule has 0 spiro atoms. The number of fused-ring (bicyclic) bond motifs is 1. The lowest BCUT2D eigenvalue weighted by Crippen LogP contribution is -2.40. The minimum absolute atomic E-state index is 0.0915. The van der Waals surface area contributed by atoms with Crippen molar-refractivity contribution in [2.75, 3.05) is 5.75 Å². The molecule has 0 aliphatic carbocycles. The third-order valence-electron chi connectivity index (χ3n) is 4.35. The molecule has 8 nitrogen and oxygen atoms in total. The Morgan fingerprint density at radius 3 is 2.55 bits per heavy atom. The average molecular weight is 434 g/mol. The van der Waals surface area contributed by atoms with Gasteiger partial charge in [-0.25, -0.2) is 9.78 Å². The highest BCUT2D eigenvalue weighted by molar-refractivity contribution is 7.99. The molecule has 9 heteroatoms. The van der Waals surface area contributed by atoms with Crippen molar-refractivity contribution in [3.8, 4) is 5.69 Å². The Hall–Kier alpha value is -3.85. The minimum atomic E-state index is -0.631. The van der Waals surface area contributed by atoms with Gasteiger partial charge in [-0.15, -0.1) is 0 Å². The number of amides is 3. The van der Waals surface area contributed by atoms with Crippen LogP contribution in [0.2, 0.25) is 0 Å². The molecule has 2 aromatic carbocycles. The van der Waals surface area contributed by atoms with Crippen LogP contribution in [0.4, 0.5) is 4.79 Å². The normalized spacial score (nSPS) is 10.7. The van der Waals surface area contributed by atoms with Crippen molar-refractivity contribution in [2.24, 2.45) is 0 Å². The van der Waals surface area contributed by atoms with Crippen molar-refractivity contribution in [2.45, 2.75) is 11.7 Å². The number of imide groups is 1. The number of nitrogens with one attached hydrogen (secondary N) is 2. The summed E-state index contributed by atoms with van der Waals surface area (Å²) in [6, 6.07) is 18.9. The zero-order valence-electron chi connectivity index (χ0n) is 16.3. The van der Waals surface area contributed by atoms with Crippen molar-refractivity contribution in [1.82, 2.24) is 20.2 Å². The molecule has 0 unspecified atom stereocenters. The first-order valence-electron chi connectivity index (χ1n) is 9.42. The topological polar surface area (TPSA) is 106 Å². The number of furan rings is 1. The first-order chi connectivity index (χ1) is 15.1. The van der Waals surface area contributed by atoms with Gasteiger partial charge in [0.25, 0.3) is 5.56 Å². The number of hydrogen-bond donors (Lipinski definition) is 2. The van der Waals surface area contributed by atoms with Crippen molar-refractivity contribution >= 4 is 34.6 Å². The second-order valence-electron chi connectivity index (χ2n) is 6.49. The molecule has 0 aliphatic heterocycles. The molecule has 0 aliphatic rings. The molecule has 2 heterocycles. The summed E-state index contributed by atoms with van der Waals surface area (Å²) < 4.78 is 6.59. The van der Waals surface area contributed by atoms with Gasteiger partial charge in [-0.1, -0.05) is 42.1 Å². The SMILES string of the molecule is O=C(CSc1nc2ccccc2c(=O)n1-c1ccccc1)NC(=O)NCc1ccco1. The summed E-state index contributed by atoms with van der Waals surface area (Å²) in [7, 11) is 0. The van der Waals surface area contributed by atoms with Gasteiger partial charge >= 0.3 is 6.03 Å². The smallest absolute Gasteiger partial charge is 0.321 e. The van der Waals surface area contributed by atoms with Crippen LogP contribution in [0.25, 0.3) is 16.6 Å². The number of carbonyl (C=O) groups is 2. The van der Waals surface area contributed by atoms with E-state index in [9.17, 15) is 14.4 Å². The number of thioether (sulfide) groups is 1. The molecule has 4 rings (SSSR count). The number of rotatable bonds is 6. The Labute approximate surface area is 181 Å². The van der Waals surface area contributed by atoms with Crippen LogP contribution in [0.15, 0.2) is 87.4 Å². The molecule has 0 saturated carbocycles. The molecule has 0 atom stereocenters. The number of benzene rings is 2. The fourth-order valence-electron chi connectivity index (χ4n) is 2.93. The van der Waals surface area contributed by atoms with E-state index in [-0.39, 0.29) is 17.9 Å². The molecule has 0 radical (unpaired) electrons. The van der Waals surface area contributed by atoms with Gasteiger partial charge in [-0.2, -0.15) is 0 Å². The number of carbonyl (C=O) groups excluding carboxylic acids is 2. The third-order valence-corrected chi connectivity index (χ3v) is 5.29. The fraction of sp³-hybridized carbons (Fsp3) is 0.0909. The number of hydrogen-bond acceptors (Lipinski definition) is 6. The zero-order valence-corrected chi connectivity index (χ0v) is 17.1. The van der Waals surface area contributed by atoms with E-state index in [0.29, 0.717) is 27.5 Å². The van der Waals surface area contributed by atoms with Crippen molar-refractivity contribution < 1.29 is 14.0 Å². The Balaban J connectivity index is 1.50. The first kappa shape index (κ1) is 20.4. The molecular formula is C22H18N4O4S. The first-order valence-corrected chi connectivity index (χ1v) is 10.4. The number of urea groups is 1. The summed E-state index contributed by atoms with van der Waals surface area (Å²) in [5.41, 5.74) is 0.958. The van der Waals surface area contributed by atoms with E-state index in [2.05, 4.69) is 15.6 Å². The van der Waals surface area contributed by atoms with E-state index >= 15 is 0 Å². The monoisotopic (exact) mass is 434 g/mol. The van der Waals surface area contributed by atoms with Crippen LogP contribution in [-0.2, 0) is 11.3 Å². The summed E-state index contributed by atoms with van der Waals surface area (Å²) in [5, 5.41) is 5.64. The van der Waals surface area contributed by atoms with Crippen molar-refractivity contribution in [1.29, 1.82) is 0 Å². The van der Waals surface area contributed by atoms with E-state index in [4.69, 9.17) is 4.42 Å². The summed E-state index contributed by atoms with van der Waals surface area (Å²) in [5.74, 6) is -0.0284. The van der Waals surface area contributed by atoms with Crippen LogP contribution < -0.4 is 16.2 Å². The van der Waals surface area contributed by atoms with Gasteiger partial charge in [0.15, 0.2) is 5.16 Å². The van der Waals surface area contributed by atoms with Gasteiger partial charge < -0.3 is 9.73 Å². The highest BCUT2D eigenvalue weighted by Gasteiger charge is 2.15. The van der Waals surface area contributed by atoms with Crippen LogP contribution in [-0.4, -0.2) is 27.2 Å².